The van der Waals surface area contributed by atoms with Gasteiger partial charge in [-0.3, -0.25) is 9.20 Å². The van der Waals surface area contributed by atoms with Gasteiger partial charge in [-0.15, -0.1) is 10.2 Å². The zero-order valence-electron chi connectivity index (χ0n) is 13.5. The minimum Gasteiger partial charge on any atom is -0.322 e. The van der Waals surface area contributed by atoms with Gasteiger partial charge in [0.1, 0.15) is 0 Å². The molecule has 1 amide bonds. The molecule has 0 unspecified atom stereocenters. The molecule has 0 bridgehead atoms. The predicted octanol–water partition coefficient (Wildman–Crippen LogP) is 3.35. The SMILES string of the molecule is Cc1ccccc1NC(=O)c1ccc(-c2nnc3ncccn23)cc1. The third-order valence-corrected chi connectivity index (χ3v) is 3.99. The molecule has 0 spiro atoms. The second-order valence-corrected chi connectivity index (χ2v) is 5.66. The van der Waals surface area contributed by atoms with Gasteiger partial charge < -0.3 is 5.32 Å². The fourth-order valence-corrected chi connectivity index (χ4v) is 2.62. The van der Waals surface area contributed by atoms with E-state index < -0.39 is 0 Å². The zero-order valence-corrected chi connectivity index (χ0v) is 13.5. The molecule has 2 aromatic heterocycles. The molecule has 1 N–H and O–H groups in total. The maximum atomic E-state index is 12.4. The Kier molecular flexibility index (Phi) is 3.70. The topological polar surface area (TPSA) is 72.2 Å². The molecule has 0 atom stereocenters. The van der Waals surface area contributed by atoms with Crippen LogP contribution in [0.5, 0.6) is 0 Å². The maximum absolute atomic E-state index is 12.4. The summed E-state index contributed by atoms with van der Waals surface area (Å²) in [6, 6.07) is 16.8. The Hall–Kier alpha value is -3.54. The van der Waals surface area contributed by atoms with Crippen LogP contribution in [0.4, 0.5) is 5.69 Å². The molecule has 6 nitrogen and oxygen atoms in total. The molecule has 4 rings (SSSR count). The largest absolute Gasteiger partial charge is 0.322 e. The first-order valence-electron chi connectivity index (χ1n) is 7.85. The highest BCUT2D eigenvalue weighted by atomic mass is 16.1. The lowest BCUT2D eigenvalue weighted by molar-refractivity contribution is 0.102. The Morgan fingerprint density at radius 3 is 2.60 bits per heavy atom. The van der Waals surface area contributed by atoms with Crippen LogP contribution < -0.4 is 5.32 Å². The van der Waals surface area contributed by atoms with Crippen molar-refractivity contribution in [2.45, 2.75) is 6.92 Å². The van der Waals surface area contributed by atoms with Crippen molar-refractivity contribution < 1.29 is 4.79 Å². The number of aryl methyl sites for hydroxylation is 1. The number of nitrogens with one attached hydrogen (secondary N) is 1. The number of carbonyl (C=O) groups excluding carboxylic acids is 1. The van der Waals surface area contributed by atoms with E-state index in [-0.39, 0.29) is 5.91 Å². The first-order valence-corrected chi connectivity index (χ1v) is 7.85. The Morgan fingerprint density at radius 1 is 1.00 bits per heavy atom. The lowest BCUT2D eigenvalue weighted by atomic mass is 10.1. The molecule has 0 saturated heterocycles. The van der Waals surface area contributed by atoms with E-state index in [1.54, 1.807) is 18.3 Å². The molecule has 0 radical (unpaired) electrons. The van der Waals surface area contributed by atoms with E-state index in [2.05, 4.69) is 20.5 Å². The lowest BCUT2D eigenvalue weighted by Crippen LogP contribution is -2.12. The summed E-state index contributed by atoms with van der Waals surface area (Å²) in [5.74, 6) is 1.08. The lowest BCUT2D eigenvalue weighted by Gasteiger charge is -2.08. The van der Waals surface area contributed by atoms with Gasteiger partial charge >= 0.3 is 0 Å². The number of hydrogen-bond donors (Lipinski definition) is 1. The Labute approximate surface area is 144 Å². The monoisotopic (exact) mass is 329 g/mol. The van der Waals surface area contributed by atoms with Crippen LogP contribution >= 0.6 is 0 Å². The third kappa shape index (κ3) is 2.85. The molecular weight excluding hydrogens is 314 g/mol. The number of carbonyl (C=O) groups is 1. The fourth-order valence-electron chi connectivity index (χ4n) is 2.62. The number of fused-ring (bicyclic) bond motifs is 1. The summed E-state index contributed by atoms with van der Waals surface area (Å²) in [5, 5.41) is 11.1. The zero-order chi connectivity index (χ0) is 17.2. The summed E-state index contributed by atoms with van der Waals surface area (Å²) < 4.78 is 1.81. The molecular formula is C19H15N5O. The second-order valence-electron chi connectivity index (χ2n) is 5.66. The van der Waals surface area contributed by atoms with Gasteiger partial charge in [-0.2, -0.15) is 0 Å². The minimum atomic E-state index is -0.145. The number of para-hydroxylation sites is 1. The normalized spacial score (nSPS) is 10.8. The van der Waals surface area contributed by atoms with Gasteiger partial charge in [0.05, 0.1) is 0 Å². The molecule has 122 valence electrons. The van der Waals surface area contributed by atoms with Crippen LogP contribution in [0.25, 0.3) is 17.2 Å². The molecule has 0 fully saturated rings. The van der Waals surface area contributed by atoms with Crippen LogP contribution in [-0.4, -0.2) is 25.5 Å². The smallest absolute Gasteiger partial charge is 0.255 e. The quantitative estimate of drug-likeness (QED) is 0.625. The van der Waals surface area contributed by atoms with Crippen molar-refractivity contribution in [3.05, 3.63) is 78.1 Å². The van der Waals surface area contributed by atoms with Crippen LogP contribution in [0.15, 0.2) is 67.0 Å². The van der Waals surface area contributed by atoms with Crippen molar-refractivity contribution in [3.63, 3.8) is 0 Å². The number of amides is 1. The highest BCUT2D eigenvalue weighted by Crippen LogP contribution is 2.19. The van der Waals surface area contributed by atoms with Crippen LogP contribution in [0.1, 0.15) is 15.9 Å². The van der Waals surface area contributed by atoms with Crippen LogP contribution in [0.2, 0.25) is 0 Å². The summed E-state index contributed by atoms with van der Waals surface area (Å²) in [6.07, 6.45) is 3.53. The molecule has 0 aliphatic heterocycles. The third-order valence-electron chi connectivity index (χ3n) is 3.99. The van der Waals surface area contributed by atoms with Crippen molar-refractivity contribution >= 4 is 17.4 Å². The van der Waals surface area contributed by atoms with E-state index in [0.29, 0.717) is 17.2 Å². The van der Waals surface area contributed by atoms with Gasteiger partial charge in [-0.05, 0) is 36.8 Å². The fraction of sp³-hybridized carbons (Fsp3) is 0.0526. The molecule has 0 aliphatic carbocycles. The van der Waals surface area contributed by atoms with Gasteiger partial charge in [0.25, 0.3) is 11.7 Å². The standard InChI is InChI=1S/C19H15N5O/c1-13-5-2-3-6-16(13)21-18(25)15-9-7-14(8-10-15)17-22-23-19-20-11-4-12-24(17)19/h2-12H,1H3,(H,21,25). The highest BCUT2D eigenvalue weighted by Gasteiger charge is 2.11. The molecule has 2 heterocycles. The first kappa shape index (κ1) is 15.0. The van der Waals surface area contributed by atoms with Crippen molar-refractivity contribution in [3.8, 4) is 11.4 Å². The van der Waals surface area contributed by atoms with E-state index >= 15 is 0 Å². The van der Waals surface area contributed by atoms with Gasteiger partial charge in [-0.1, -0.05) is 30.3 Å². The second kappa shape index (κ2) is 6.16. The number of hydrogen-bond acceptors (Lipinski definition) is 4. The van der Waals surface area contributed by atoms with Crippen LogP contribution in [-0.2, 0) is 0 Å². The summed E-state index contributed by atoms with van der Waals surface area (Å²) >= 11 is 0. The molecule has 25 heavy (non-hydrogen) atoms. The summed E-state index contributed by atoms with van der Waals surface area (Å²) in [5.41, 5.74) is 3.29. The summed E-state index contributed by atoms with van der Waals surface area (Å²) in [6.45, 7) is 1.96. The minimum absolute atomic E-state index is 0.145. The molecule has 0 saturated carbocycles. The Morgan fingerprint density at radius 2 is 1.80 bits per heavy atom. The predicted molar refractivity (Wildman–Crippen MR) is 95.4 cm³/mol. The molecule has 2 aromatic carbocycles. The highest BCUT2D eigenvalue weighted by molar-refractivity contribution is 6.04. The van der Waals surface area contributed by atoms with Crippen LogP contribution in [0, 0.1) is 6.92 Å². The van der Waals surface area contributed by atoms with E-state index in [1.165, 1.54) is 0 Å². The van der Waals surface area contributed by atoms with Crippen molar-refractivity contribution in [1.82, 2.24) is 19.6 Å². The molecule has 4 aromatic rings. The van der Waals surface area contributed by atoms with Gasteiger partial charge in [0.15, 0.2) is 5.82 Å². The number of rotatable bonds is 3. The summed E-state index contributed by atoms with van der Waals surface area (Å²) in [7, 11) is 0. The van der Waals surface area contributed by atoms with Gasteiger partial charge in [-0.25, -0.2) is 4.98 Å². The number of nitrogens with zero attached hydrogens (tertiary/aromatic N) is 4. The number of anilines is 1. The van der Waals surface area contributed by atoms with Crippen molar-refractivity contribution in [2.75, 3.05) is 5.32 Å². The summed E-state index contributed by atoms with van der Waals surface area (Å²) in [4.78, 5) is 16.6. The van der Waals surface area contributed by atoms with Gasteiger partial charge in [0, 0.05) is 29.2 Å². The van der Waals surface area contributed by atoms with Crippen molar-refractivity contribution in [1.29, 1.82) is 0 Å². The molecule has 6 heteroatoms. The van der Waals surface area contributed by atoms with E-state index in [4.69, 9.17) is 0 Å². The van der Waals surface area contributed by atoms with E-state index in [0.717, 1.165) is 16.8 Å². The Balaban J connectivity index is 1.60. The number of benzene rings is 2. The average molecular weight is 329 g/mol. The Bertz CT molecular complexity index is 1050. The maximum Gasteiger partial charge on any atom is 0.255 e. The van der Waals surface area contributed by atoms with Gasteiger partial charge in [0.2, 0.25) is 0 Å². The van der Waals surface area contributed by atoms with Crippen LogP contribution in [0.3, 0.4) is 0 Å². The first-order chi connectivity index (χ1) is 12.2. The van der Waals surface area contributed by atoms with E-state index in [1.807, 2.05) is 60.0 Å². The number of aromatic nitrogens is 4. The van der Waals surface area contributed by atoms with E-state index in [9.17, 15) is 4.79 Å². The molecule has 0 aliphatic rings. The average Bonchev–Trinajstić information content (AvgIpc) is 3.08. The van der Waals surface area contributed by atoms with Crippen molar-refractivity contribution in [2.24, 2.45) is 0 Å².